The van der Waals surface area contributed by atoms with Gasteiger partial charge in [0.1, 0.15) is 17.3 Å². The number of rotatable bonds is 4. The number of oxazole rings is 1. The Hall–Kier alpha value is -3.22. The number of carboxylic acids is 1. The molecule has 23 heavy (non-hydrogen) atoms. The average Bonchev–Trinajstić information content (AvgIpc) is 3.00. The standard InChI is InChI=1S/C16H10F2N2O3/c17-11-2-1-3-12(18)14(11)20-16-19-8-13(23-16)9-4-6-10(7-5-9)15(21)22/h1-8H,(H,19,20)(H,21,22). The molecule has 1 aromatic heterocycles. The topological polar surface area (TPSA) is 75.4 Å². The summed E-state index contributed by atoms with van der Waals surface area (Å²) in [5, 5.41) is 11.3. The predicted octanol–water partition coefficient (Wildman–Crippen LogP) is 4.06. The number of carbonyl (C=O) groups is 1. The first-order valence-electron chi connectivity index (χ1n) is 6.55. The van der Waals surface area contributed by atoms with Crippen LogP contribution in [0.4, 0.5) is 20.5 Å². The second-order valence-electron chi connectivity index (χ2n) is 4.63. The van der Waals surface area contributed by atoms with Crippen molar-refractivity contribution in [2.24, 2.45) is 0 Å². The largest absolute Gasteiger partial charge is 0.478 e. The molecule has 0 spiro atoms. The van der Waals surface area contributed by atoms with Crippen LogP contribution in [0.2, 0.25) is 0 Å². The molecule has 7 heteroatoms. The van der Waals surface area contributed by atoms with Crippen LogP contribution < -0.4 is 5.32 Å². The Labute approximate surface area is 129 Å². The lowest BCUT2D eigenvalue weighted by atomic mass is 10.1. The summed E-state index contributed by atoms with van der Waals surface area (Å²) in [5.74, 6) is -2.24. The van der Waals surface area contributed by atoms with E-state index in [0.29, 0.717) is 11.3 Å². The first-order valence-corrected chi connectivity index (χ1v) is 6.55. The van der Waals surface area contributed by atoms with Gasteiger partial charge in [-0.2, -0.15) is 0 Å². The van der Waals surface area contributed by atoms with Crippen LogP contribution in [-0.4, -0.2) is 16.1 Å². The molecule has 0 aliphatic heterocycles. The van der Waals surface area contributed by atoms with Crippen LogP contribution >= 0.6 is 0 Å². The van der Waals surface area contributed by atoms with Crippen molar-refractivity contribution in [1.29, 1.82) is 0 Å². The highest BCUT2D eigenvalue weighted by Gasteiger charge is 2.13. The van der Waals surface area contributed by atoms with Gasteiger partial charge in [-0.3, -0.25) is 0 Å². The predicted molar refractivity (Wildman–Crippen MR) is 78.5 cm³/mol. The van der Waals surface area contributed by atoms with Gasteiger partial charge >= 0.3 is 5.97 Å². The zero-order valence-electron chi connectivity index (χ0n) is 11.6. The molecule has 0 fully saturated rings. The monoisotopic (exact) mass is 316 g/mol. The van der Waals surface area contributed by atoms with E-state index in [-0.39, 0.29) is 17.3 Å². The van der Waals surface area contributed by atoms with Gasteiger partial charge in [0.15, 0.2) is 5.76 Å². The van der Waals surface area contributed by atoms with Crippen LogP contribution in [0.3, 0.4) is 0 Å². The fourth-order valence-electron chi connectivity index (χ4n) is 1.97. The first kappa shape index (κ1) is 14.7. The van der Waals surface area contributed by atoms with Crippen molar-refractivity contribution in [2.45, 2.75) is 0 Å². The number of aromatic carboxylic acids is 1. The highest BCUT2D eigenvalue weighted by atomic mass is 19.1. The molecule has 0 aliphatic rings. The SMILES string of the molecule is O=C(O)c1ccc(-c2cnc(Nc3c(F)cccc3F)o2)cc1. The number of nitrogens with zero attached hydrogens (tertiary/aromatic N) is 1. The minimum Gasteiger partial charge on any atom is -0.478 e. The molecule has 0 saturated carbocycles. The third-order valence-electron chi connectivity index (χ3n) is 3.12. The van der Waals surface area contributed by atoms with Crippen molar-refractivity contribution < 1.29 is 23.1 Å². The van der Waals surface area contributed by atoms with Gasteiger partial charge < -0.3 is 14.8 Å². The van der Waals surface area contributed by atoms with E-state index in [1.807, 2.05) is 0 Å². The summed E-state index contributed by atoms with van der Waals surface area (Å²) >= 11 is 0. The summed E-state index contributed by atoms with van der Waals surface area (Å²) in [6.07, 6.45) is 1.37. The minimum absolute atomic E-state index is 0.0775. The number of anilines is 2. The van der Waals surface area contributed by atoms with Crippen LogP contribution in [0.1, 0.15) is 10.4 Å². The van der Waals surface area contributed by atoms with E-state index in [1.54, 1.807) is 12.1 Å². The van der Waals surface area contributed by atoms with E-state index in [1.165, 1.54) is 24.4 Å². The smallest absolute Gasteiger partial charge is 0.335 e. The number of hydrogen-bond acceptors (Lipinski definition) is 4. The Morgan fingerprint density at radius 3 is 2.35 bits per heavy atom. The quantitative estimate of drug-likeness (QED) is 0.759. The van der Waals surface area contributed by atoms with Crippen molar-refractivity contribution in [3.05, 3.63) is 65.9 Å². The van der Waals surface area contributed by atoms with Crippen molar-refractivity contribution in [3.8, 4) is 11.3 Å². The lowest BCUT2D eigenvalue weighted by molar-refractivity contribution is 0.0697. The number of nitrogens with one attached hydrogen (secondary N) is 1. The molecule has 0 amide bonds. The number of carboxylic acid groups (broad SMARTS) is 1. The molecule has 0 saturated heterocycles. The third kappa shape index (κ3) is 3.03. The fraction of sp³-hybridized carbons (Fsp3) is 0. The molecule has 0 atom stereocenters. The summed E-state index contributed by atoms with van der Waals surface area (Å²) in [7, 11) is 0. The number of para-hydroxylation sites is 1. The molecule has 1 heterocycles. The summed E-state index contributed by atoms with van der Waals surface area (Å²) in [6.45, 7) is 0. The average molecular weight is 316 g/mol. The summed E-state index contributed by atoms with van der Waals surface area (Å²) in [6, 6.07) is 9.34. The molecule has 0 bridgehead atoms. The maximum absolute atomic E-state index is 13.6. The van der Waals surface area contributed by atoms with E-state index < -0.39 is 17.6 Å². The van der Waals surface area contributed by atoms with Gasteiger partial charge in [0.25, 0.3) is 6.01 Å². The molecule has 0 unspecified atom stereocenters. The van der Waals surface area contributed by atoms with Crippen molar-refractivity contribution in [2.75, 3.05) is 5.32 Å². The maximum Gasteiger partial charge on any atom is 0.335 e. The minimum atomic E-state index is -1.04. The molecule has 0 radical (unpaired) electrons. The van der Waals surface area contributed by atoms with Gasteiger partial charge in [0.05, 0.1) is 11.8 Å². The van der Waals surface area contributed by atoms with Gasteiger partial charge in [-0.05, 0) is 24.3 Å². The molecule has 3 rings (SSSR count). The molecule has 116 valence electrons. The van der Waals surface area contributed by atoms with Crippen LogP contribution in [0.15, 0.2) is 53.1 Å². The Bertz CT molecular complexity index is 840. The van der Waals surface area contributed by atoms with Crippen molar-refractivity contribution in [3.63, 3.8) is 0 Å². The Morgan fingerprint density at radius 2 is 1.74 bits per heavy atom. The van der Waals surface area contributed by atoms with Gasteiger partial charge in [0, 0.05) is 5.56 Å². The number of aromatic nitrogens is 1. The van der Waals surface area contributed by atoms with E-state index in [2.05, 4.69) is 10.3 Å². The Morgan fingerprint density at radius 1 is 1.09 bits per heavy atom. The molecular weight excluding hydrogens is 306 g/mol. The molecule has 0 aliphatic carbocycles. The Balaban J connectivity index is 1.84. The Kier molecular flexibility index (Phi) is 3.76. The summed E-state index contributed by atoms with van der Waals surface area (Å²) in [4.78, 5) is 14.7. The third-order valence-corrected chi connectivity index (χ3v) is 3.12. The lowest BCUT2D eigenvalue weighted by Crippen LogP contribution is -1.97. The van der Waals surface area contributed by atoms with Gasteiger partial charge in [-0.15, -0.1) is 0 Å². The number of halogens is 2. The normalized spacial score (nSPS) is 10.5. The summed E-state index contributed by atoms with van der Waals surface area (Å²) in [5.41, 5.74) is 0.367. The lowest BCUT2D eigenvalue weighted by Gasteiger charge is -2.04. The molecular formula is C16H10F2N2O3. The van der Waals surface area contributed by atoms with Crippen molar-refractivity contribution >= 4 is 17.7 Å². The van der Waals surface area contributed by atoms with Crippen LogP contribution in [-0.2, 0) is 0 Å². The zero-order chi connectivity index (χ0) is 16.4. The van der Waals surface area contributed by atoms with Crippen LogP contribution in [0.5, 0.6) is 0 Å². The molecule has 2 N–H and O–H groups in total. The highest BCUT2D eigenvalue weighted by Crippen LogP contribution is 2.27. The maximum atomic E-state index is 13.6. The molecule has 5 nitrogen and oxygen atoms in total. The number of benzene rings is 2. The van der Waals surface area contributed by atoms with E-state index in [9.17, 15) is 13.6 Å². The van der Waals surface area contributed by atoms with Gasteiger partial charge in [0.2, 0.25) is 0 Å². The van der Waals surface area contributed by atoms with Crippen LogP contribution in [0, 0.1) is 11.6 Å². The highest BCUT2D eigenvalue weighted by molar-refractivity contribution is 5.88. The fourth-order valence-corrected chi connectivity index (χ4v) is 1.97. The summed E-state index contributed by atoms with van der Waals surface area (Å²) < 4.78 is 32.5. The second-order valence-corrected chi connectivity index (χ2v) is 4.63. The molecule has 2 aromatic carbocycles. The first-order chi connectivity index (χ1) is 11.0. The van der Waals surface area contributed by atoms with E-state index in [0.717, 1.165) is 12.1 Å². The van der Waals surface area contributed by atoms with E-state index in [4.69, 9.17) is 9.52 Å². The molecule has 3 aromatic rings. The van der Waals surface area contributed by atoms with E-state index >= 15 is 0 Å². The number of hydrogen-bond donors (Lipinski definition) is 2. The zero-order valence-corrected chi connectivity index (χ0v) is 11.6. The second kappa shape index (κ2) is 5.88. The van der Waals surface area contributed by atoms with Gasteiger partial charge in [-0.1, -0.05) is 18.2 Å². The van der Waals surface area contributed by atoms with Crippen molar-refractivity contribution in [1.82, 2.24) is 4.98 Å². The van der Waals surface area contributed by atoms with Crippen LogP contribution in [0.25, 0.3) is 11.3 Å². The van der Waals surface area contributed by atoms with Gasteiger partial charge in [-0.25, -0.2) is 18.6 Å².